The maximum Gasteiger partial charge on any atom is 0.123 e. The van der Waals surface area contributed by atoms with Crippen LogP contribution in [-0.4, -0.2) is 5.88 Å². The first kappa shape index (κ1) is 14.1. The fraction of sp³-hybridized carbons (Fsp3) is 0.294. The van der Waals surface area contributed by atoms with E-state index in [1.165, 1.54) is 28.8 Å². The van der Waals surface area contributed by atoms with E-state index < -0.39 is 0 Å². The third-order valence-electron chi connectivity index (χ3n) is 3.58. The summed E-state index contributed by atoms with van der Waals surface area (Å²) in [6.07, 6.45) is 0.885. The first-order valence-corrected chi connectivity index (χ1v) is 7.01. The van der Waals surface area contributed by atoms with Gasteiger partial charge in [-0.05, 0) is 54.7 Å². The number of hydrogen-bond acceptors (Lipinski definition) is 0. The Morgan fingerprint density at radius 2 is 1.68 bits per heavy atom. The quantitative estimate of drug-likeness (QED) is 0.689. The molecule has 0 aromatic heterocycles. The molecule has 0 fully saturated rings. The van der Waals surface area contributed by atoms with Crippen LogP contribution in [0.15, 0.2) is 42.5 Å². The number of alkyl halides is 1. The second-order valence-corrected chi connectivity index (χ2v) is 5.33. The van der Waals surface area contributed by atoms with Crippen LogP contribution in [0.3, 0.4) is 0 Å². The predicted octanol–water partition coefficient (Wildman–Crippen LogP) is 5.01. The molecule has 0 radical (unpaired) electrons. The van der Waals surface area contributed by atoms with Gasteiger partial charge in [-0.2, -0.15) is 0 Å². The molecule has 0 nitrogen and oxygen atoms in total. The fourth-order valence-corrected chi connectivity index (χ4v) is 2.50. The summed E-state index contributed by atoms with van der Waals surface area (Å²) in [5, 5.41) is 0. The van der Waals surface area contributed by atoms with E-state index >= 15 is 0 Å². The second kappa shape index (κ2) is 6.21. The third-order valence-corrected chi connectivity index (χ3v) is 3.95. The minimum atomic E-state index is -0.205. The van der Waals surface area contributed by atoms with Gasteiger partial charge in [-0.15, -0.1) is 11.6 Å². The summed E-state index contributed by atoms with van der Waals surface area (Å²) < 4.78 is 12.9. The summed E-state index contributed by atoms with van der Waals surface area (Å²) in [7, 11) is 0. The van der Waals surface area contributed by atoms with E-state index in [1.54, 1.807) is 0 Å². The van der Waals surface area contributed by atoms with Crippen molar-refractivity contribution in [1.29, 1.82) is 0 Å². The standard InChI is InChI=1S/C17H18ClF/c1-12-3-4-14(9-13(12)2)10-16(11-18)15-5-7-17(19)8-6-15/h3-9,16H,10-11H2,1-2H3. The van der Waals surface area contributed by atoms with Crippen molar-refractivity contribution in [3.63, 3.8) is 0 Å². The molecule has 0 aliphatic rings. The Morgan fingerprint density at radius 3 is 2.26 bits per heavy atom. The van der Waals surface area contributed by atoms with E-state index in [9.17, 15) is 4.39 Å². The van der Waals surface area contributed by atoms with Crippen molar-refractivity contribution < 1.29 is 4.39 Å². The van der Waals surface area contributed by atoms with Gasteiger partial charge in [0.15, 0.2) is 0 Å². The van der Waals surface area contributed by atoms with Gasteiger partial charge in [-0.3, -0.25) is 0 Å². The first-order chi connectivity index (χ1) is 9.10. The minimum Gasteiger partial charge on any atom is -0.207 e. The molecular formula is C17H18ClF. The van der Waals surface area contributed by atoms with E-state index in [2.05, 4.69) is 32.0 Å². The Hall–Kier alpha value is -1.34. The summed E-state index contributed by atoms with van der Waals surface area (Å²) >= 11 is 6.07. The van der Waals surface area contributed by atoms with Crippen LogP contribution in [0, 0.1) is 19.7 Å². The number of benzene rings is 2. The topological polar surface area (TPSA) is 0 Å². The molecule has 2 aromatic rings. The molecule has 0 heterocycles. The molecule has 0 aliphatic carbocycles. The van der Waals surface area contributed by atoms with E-state index in [4.69, 9.17) is 11.6 Å². The highest BCUT2D eigenvalue weighted by atomic mass is 35.5. The fourth-order valence-electron chi connectivity index (χ4n) is 2.21. The van der Waals surface area contributed by atoms with Crippen LogP contribution in [-0.2, 0) is 6.42 Å². The Kier molecular flexibility index (Phi) is 4.60. The van der Waals surface area contributed by atoms with Crippen LogP contribution in [0.1, 0.15) is 28.2 Å². The molecule has 0 saturated heterocycles. The summed E-state index contributed by atoms with van der Waals surface area (Å²) in [5.41, 5.74) is 4.96. The second-order valence-electron chi connectivity index (χ2n) is 5.03. The Morgan fingerprint density at radius 1 is 1.00 bits per heavy atom. The van der Waals surface area contributed by atoms with Crippen LogP contribution in [0.2, 0.25) is 0 Å². The SMILES string of the molecule is Cc1ccc(CC(CCl)c2ccc(F)cc2)cc1C. The number of rotatable bonds is 4. The average molecular weight is 277 g/mol. The third kappa shape index (κ3) is 3.57. The van der Waals surface area contributed by atoms with Crippen LogP contribution in [0.25, 0.3) is 0 Å². The highest BCUT2D eigenvalue weighted by Crippen LogP contribution is 2.23. The highest BCUT2D eigenvalue weighted by molar-refractivity contribution is 6.18. The van der Waals surface area contributed by atoms with Gasteiger partial charge in [0.2, 0.25) is 0 Å². The predicted molar refractivity (Wildman–Crippen MR) is 79.5 cm³/mol. The lowest BCUT2D eigenvalue weighted by molar-refractivity contribution is 0.625. The molecule has 2 rings (SSSR count). The van der Waals surface area contributed by atoms with Gasteiger partial charge in [0, 0.05) is 11.8 Å². The van der Waals surface area contributed by atoms with Gasteiger partial charge in [0.25, 0.3) is 0 Å². The van der Waals surface area contributed by atoms with Crippen molar-refractivity contribution in [2.75, 3.05) is 5.88 Å². The summed E-state index contributed by atoms with van der Waals surface area (Å²) in [4.78, 5) is 0. The molecule has 0 N–H and O–H groups in total. The van der Waals surface area contributed by atoms with E-state index in [1.807, 2.05) is 12.1 Å². The van der Waals surface area contributed by atoms with Crippen LogP contribution in [0.4, 0.5) is 4.39 Å². The summed E-state index contributed by atoms with van der Waals surface area (Å²) in [5.74, 6) is 0.561. The number of halogens is 2. The van der Waals surface area contributed by atoms with Crippen molar-refractivity contribution in [2.45, 2.75) is 26.2 Å². The smallest absolute Gasteiger partial charge is 0.123 e. The summed E-state index contributed by atoms with van der Waals surface area (Å²) in [6.45, 7) is 4.23. The minimum absolute atomic E-state index is 0.205. The lowest BCUT2D eigenvalue weighted by atomic mass is 9.92. The van der Waals surface area contributed by atoms with Gasteiger partial charge in [-0.1, -0.05) is 30.3 Å². The molecule has 0 spiro atoms. The van der Waals surface area contributed by atoms with Gasteiger partial charge >= 0.3 is 0 Å². The maximum absolute atomic E-state index is 12.9. The lowest BCUT2D eigenvalue weighted by Crippen LogP contribution is -2.05. The molecule has 0 aliphatic heterocycles. The molecule has 0 saturated carbocycles. The molecule has 2 heteroatoms. The summed E-state index contributed by atoms with van der Waals surface area (Å²) in [6, 6.07) is 13.1. The van der Waals surface area contributed by atoms with E-state index in [0.717, 1.165) is 12.0 Å². The zero-order chi connectivity index (χ0) is 13.8. The van der Waals surface area contributed by atoms with Crippen molar-refractivity contribution in [3.8, 4) is 0 Å². The van der Waals surface area contributed by atoms with Crippen LogP contribution >= 0.6 is 11.6 Å². The van der Waals surface area contributed by atoms with Gasteiger partial charge < -0.3 is 0 Å². The molecule has 2 aromatic carbocycles. The molecule has 100 valence electrons. The van der Waals surface area contributed by atoms with E-state index in [0.29, 0.717) is 5.88 Å². The van der Waals surface area contributed by atoms with Crippen molar-refractivity contribution in [3.05, 3.63) is 70.5 Å². The van der Waals surface area contributed by atoms with Crippen LogP contribution < -0.4 is 0 Å². The molecule has 0 amide bonds. The Bertz CT molecular complexity index is 546. The normalized spacial score (nSPS) is 12.4. The number of aryl methyl sites for hydroxylation is 2. The molecule has 19 heavy (non-hydrogen) atoms. The Labute approximate surface area is 119 Å². The van der Waals surface area contributed by atoms with E-state index in [-0.39, 0.29) is 11.7 Å². The van der Waals surface area contributed by atoms with Gasteiger partial charge in [-0.25, -0.2) is 4.39 Å². The maximum atomic E-state index is 12.9. The van der Waals surface area contributed by atoms with Crippen molar-refractivity contribution in [1.82, 2.24) is 0 Å². The van der Waals surface area contributed by atoms with Crippen molar-refractivity contribution >= 4 is 11.6 Å². The first-order valence-electron chi connectivity index (χ1n) is 6.47. The zero-order valence-electron chi connectivity index (χ0n) is 11.3. The number of hydrogen-bond donors (Lipinski definition) is 0. The van der Waals surface area contributed by atoms with Gasteiger partial charge in [0.05, 0.1) is 0 Å². The van der Waals surface area contributed by atoms with Gasteiger partial charge in [0.1, 0.15) is 5.82 Å². The van der Waals surface area contributed by atoms with Crippen molar-refractivity contribution in [2.24, 2.45) is 0 Å². The average Bonchev–Trinajstić information content (AvgIpc) is 2.41. The molecule has 1 unspecified atom stereocenters. The highest BCUT2D eigenvalue weighted by Gasteiger charge is 2.12. The lowest BCUT2D eigenvalue weighted by Gasteiger charge is -2.15. The monoisotopic (exact) mass is 276 g/mol. The molecular weight excluding hydrogens is 259 g/mol. The zero-order valence-corrected chi connectivity index (χ0v) is 12.0. The van der Waals surface area contributed by atoms with Crippen LogP contribution in [0.5, 0.6) is 0 Å². The largest absolute Gasteiger partial charge is 0.207 e. The Balaban J connectivity index is 2.18. The molecule has 1 atom stereocenters. The molecule has 0 bridgehead atoms.